The highest BCUT2D eigenvalue weighted by Crippen LogP contribution is 2.25. The summed E-state index contributed by atoms with van der Waals surface area (Å²) in [4.78, 5) is 25.0. The average molecular weight is 447 g/mol. The molecule has 0 bridgehead atoms. The third kappa shape index (κ3) is 6.68. The summed E-state index contributed by atoms with van der Waals surface area (Å²) < 4.78 is 6.56. The van der Waals surface area contributed by atoms with Gasteiger partial charge in [-0.1, -0.05) is 48.7 Å². The highest BCUT2D eigenvalue weighted by Gasteiger charge is 2.15. The lowest BCUT2D eigenvalue weighted by Crippen LogP contribution is -2.24. The SMILES string of the molecule is CCCCNC(=O)c1cccc(NC(=O)c2cc(Br)ccc2OCCCC)c1. The van der Waals surface area contributed by atoms with Crippen LogP contribution in [0.5, 0.6) is 5.75 Å². The van der Waals surface area contributed by atoms with Gasteiger partial charge in [-0.2, -0.15) is 0 Å². The number of carbonyl (C=O) groups excluding carboxylic acids is 2. The van der Waals surface area contributed by atoms with E-state index in [1.807, 2.05) is 6.07 Å². The van der Waals surface area contributed by atoms with Gasteiger partial charge in [0.1, 0.15) is 5.75 Å². The Balaban J connectivity index is 2.11. The summed E-state index contributed by atoms with van der Waals surface area (Å²) in [6.45, 7) is 5.36. The van der Waals surface area contributed by atoms with Crippen LogP contribution in [0.15, 0.2) is 46.9 Å². The Labute approximate surface area is 175 Å². The molecule has 2 N–H and O–H groups in total. The average Bonchev–Trinajstić information content (AvgIpc) is 2.69. The van der Waals surface area contributed by atoms with Crippen LogP contribution in [0, 0.1) is 0 Å². The summed E-state index contributed by atoms with van der Waals surface area (Å²) in [6, 6.07) is 12.3. The first-order valence-electron chi connectivity index (χ1n) is 9.67. The van der Waals surface area contributed by atoms with Crippen molar-refractivity contribution in [1.29, 1.82) is 0 Å². The highest BCUT2D eigenvalue weighted by atomic mass is 79.9. The molecule has 150 valence electrons. The van der Waals surface area contributed by atoms with Crippen LogP contribution in [0.1, 0.15) is 60.2 Å². The number of hydrogen-bond acceptors (Lipinski definition) is 3. The van der Waals surface area contributed by atoms with Crippen molar-refractivity contribution in [3.8, 4) is 5.75 Å². The van der Waals surface area contributed by atoms with Gasteiger partial charge in [0.15, 0.2) is 0 Å². The van der Waals surface area contributed by atoms with E-state index in [0.29, 0.717) is 35.7 Å². The zero-order valence-electron chi connectivity index (χ0n) is 16.4. The van der Waals surface area contributed by atoms with E-state index in [1.54, 1.807) is 36.4 Å². The summed E-state index contributed by atoms with van der Waals surface area (Å²) >= 11 is 3.40. The molecule has 0 saturated carbocycles. The van der Waals surface area contributed by atoms with Crippen molar-refractivity contribution < 1.29 is 14.3 Å². The summed E-state index contributed by atoms with van der Waals surface area (Å²) in [5.41, 5.74) is 1.53. The molecule has 6 heteroatoms. The number of nitrogens with one attached hydrogen (secondary N) is 2. The van der Waals surface area contributed by atoms with Crippen molar-refractivity contribution in [1.82, 2.24) is 5.32 Å². The van der Waals surface area contributed by atoms with Crippen LogP contribution in [0.3, 0.4) is 0 Å². The van der Waals surface area contributed by atoms with Crippen LogP contribution in [0.2, 0.25) is 0 Å². The van der Waals surface area contributed by atoms with E-state index in [0.717, 1.165) is 30.2 Å². The third-order valence-electron chi connectivity index (χ3n) is 4.14. The smallest absolute Gasteiger partial charge is 0.259 e. The molecule has 28 heavy (non-hydrogen) atoms. The van der Waals surface area contributed by atoms with E-state index in [2.05, 4.69) is 40.4 Å². The van der Waals surface area contributed by atoms with Crippen molar-refractivity contribution >= 4 is 33.4 Å². The van der Waals surface area contributed by atoms with Gasteiger partial charge >= 0.3 is 0 Å². The molecule has 0 aliphatic carbocycles. The molecule has 0 aliphatic heterocycles. The minimum Gasteiger partial charge on any atom is -0.493 e. The number of unbranched alkanes of at least 4 members (excludes halogenated alkanes) is 2. The maximum atomic E-state index is 12.8. The van der Waals surface area contributed by atoms with Gasteiger partial charge in [0.2, 0.25) is 0 Å². The van der Waals surface area contributed by atoms with Crippen LogP contribution in [-0.2, 0) is 0 Å². The van der Waals surface area contributed by atoms with Crippen LogP contribution in [0.25, 0.3) is 0 Å². The monoisotopic (exact) mass is 446 g/mol. The fourth-order valence-corrected chi connectivity index (χ4v) is 2.91. The van der Waals surface area contributed by atoms with Gasteiger partial charge in [-0.05, 0) is 49.2 Å². The topological polar surface area (TPSA) is 67.4 Å². The molecule has 0 spiro atoms. The van der Waals surface area contributed by atoms with Gasteiger partial charge in [-0.15, -0.1) is 0 Å². The van der Waals surface area contributed by atoms with Crippen LogP contribution < -0.4 is 15.4 Å². The number of halogens is 1. The zero-order chi connectivity index (χ0) is 20.4. The first-order chi connectivity index (χ1) is 13.5. The number of carbonyl (C=O) groups is 2. The van der Waals surface area contributed by atoms with Crippen molar-refractivity contribution in [2.75, 3.05) is 18.5 Å². The summed E-state index contributed by atoms with van der Waals surface area (Å²) in [7, 11) is 0. The maximum absolute atomic E-state index is 12.8. The lowest BCUT2D eigenvalue weighted by atomic mass is 10.1. The molecule has 0 saturated heterocycles. The predicted octanol–water partition coefficient (Wildman–Crippen LogP) is 5.41. The number of hydrogen-bond donors (Lipinski definition) is 2. The minimum atomic E-state index is -0.281. The molecule has 5 nitrogen and oxygen atoms in total. The molecule has 0 aromatic heterocycles. The Hall–Kier alpha value is -2.34. The zero-order valence-corrected chi connectivity index (χ0v) is 18.0. The van der Waals surface area contributed by atoms with E-state index in [9.17, 15) is 9.59 Å². The molecule has 0 heterocycles. The Morgan fingerprint density at radius 2 is 1.79 bits per heavy atom. The van der Waals surface area contributed by atoms with Crippen LogP contribution in [0.4, 0.5) is 5.69 Å². The Kier molecular flexibility index (Phi) is 9.01. The minimum absolute atomic E-state index is 0.143. The van der Waals surface area contributed by atoms with Gasteiger partial charge < -0.3 is 15.4 Å². The number of rotatable bonds is 10. The molecule has 0 fully saturated rings. The Morgan fingerprint density at radius 1 is 1.00 bits per heavy atom. The van der Waals surface area contributed by atoms with Gasteiger partial charge in [-0.25, -0.2) is 0 Å². The van der Waals surface area contributed by atoms with E-state index >= 15 is 0 Å². The van der Waals surface area contributed by atoms with Gasteiger partial charge in [0.25, 0.3) is 11.8 Å². The Bertz CT molecular complexity index is 808. The molecule has 0 unspecified atom stereocenters. The van der Waals surface area contributed by atoms with E-state index in [-0.39, 0.29) is 11.8 Å². The van der Waals surface area contributed by atoms with Crippen molar-refractivity contribution in [2.24, 2.45) is 0 Å². The molecular formula is C22H27BrN2O3. The lowest BCUT2D eigenvalue weighted by Gasteiger charge is -2.13. The summed E-state index contributed by atoms with van der Waals surface area (Å²) in [5.74, 6) is 0.120. The second kappa shape index (κ2) is 11.5. The van der Waals surface area contributed by atoms with Crippen molar-refractivity contribution in [2.45, 2.75) is 39.5 Å². The molecule has 0 radical (unpaired) electrons. The third-order valence-corrected chi connectivity index (χ3v) is 4.63. The van der Waals surface area contributed by atoms with Crippen molar-refractivity contribution in [3.05, 3.63) is 58.1 Å². The van der Waals surface area contributed by atoms with Gasteiger partial charge in [0.05, 0.1) is 12.2 Å². The molecule has 2 rings (SSSR count). The number of ether oxygens (including phenoxy) is 1. The number of benzene rings is 2. The highest BCUT2D eigenvalue weighted by molar-refractivity contribution is 9.10. The standard InChI is InChI=1S/C22H27BrN2O3/c1-3-5-12-24-21(26)16-8-7-9-18(14-16)25-22(27)19-15-17(23)10-11-20(19)28-13-6-4-2/h7-11,14-15H,3-6,12-13H2,1-2H3,(H,24,26)(H,25,27). The molecule has 0 aliphatic rings. The second-order valence-corrected chi connectivity index (χ2v) is 7.40. The number of amides is 2. The van der Waals surface area contributed by atoms with Gasteiger partial charge in [-0.3, -0.25) is 9.59 Å². The lowest BCUT2D eigenvalue weighted by molar-refractivity contribution is 0.0951. The first-order valence-corrected chi connectivity index (χ1v) is 10.5. The maximum Gasteiger partial charge on any atom is 0.259 e. The van der Waals surface area contributed by atoms with Gasteiger partial charge in [0, 0.05) is 22.3 Å². The van der Waals surface area contributed by atoms with Crippen molar-refractivity contribution in [3.63, 3.8) is 0 Å². The number of anilines is 1. The molecule has 2 aromatic rings. The van der Waals surface area contributed by atoms with E-state index < -0.39 is 0 Å². The quantitative estimate of drug-likeness (QED) is 0.479. The Morgan fingerprint density at radius 3 is 2.54 bits per heavy atom. The predicted molar refractivity (Wildman–Crippen MR) is 116 cm³/mol. The summed E-state index contributed by atoms with van der Waals surface area (Å²) in [5, 5.41) is 5.74. The largest absolute Gasteiger partial charge is 0.493 e. The fraction of sp³-hybridized carbons (Fsp3) is 0.364. The molecule has 2 amide bonds. The molecular weight excluding hydrogens is 420 g/mol. The first kappa shape index (κ1) is 22.0. The summed E-state index contributed by atoms with van der Waals surface area (Å²) in [6.07, 6.45) is 3.90. The van der Waals surface area contributed by atoms with Crippen LogP contribution >= 0.6 is 15.9 Å². The van der Waals surface area contributed by atoms with E-state index in [4.69, 9.17) is 4.74 Å². The molecule has 0 atom stereocenters. The second-order valence-electron chi connectivity index (χ2n) is 6.49. The van der Waals surface area contributed by atoms with E-state index in [1.165, 1.54) is 0 Å². The van der Waals surface area contributed by atoms with Crippen LogP contribution in [-0.4, -0.2) is 25.0 Å². The molecule has 2 aromatic carbocycles. The fourth-order valence-electron chi connectivity index (χ4n) is 2.55. The normalized spacial score (nSPS) is 10.4.